The van der Waals surface area contributed by atoms with Gasteiger partial charge in [0.2, 0.25) is 0 Å². The minimum atomic E-state index is 0.0228. The number of allylic oxidation sites excluding steroid dienone is 2. The first kappa shape index (κ1) is 25.0. The van der Waals surface area contributed by atoms with E-state index in [1.807, 2.05) is 44.2 Å². The second-order valence-electron chi connectivity index (χ2n) is 6.85. The highest BCUT2D eigenvalue weighted by Crippen LogP contribution is 2.09. The molecule has 0 aliphatic carbocycles. The van der Waals surface area contributed by atoms with Gasteiger partial charge in [-0.05, 0) is 44.2 Å². The highest BCUT2D eigenvalue weighted by molar-refractivity contribution is 6.06. The number of nitrogens with zero attached hydrogens (tertiary/aromatic N) is 2. The Morgan fingerprint density at radius 1 is 0.900 bits per heavy atom. The number of hydrogen-bond donors (Lipinski definition) is 1. The van der Waals surface area contributed by atoms with Crippen LogP contribution < -0.4 is 5.32 Å². The number of rotatable bonds is 6. The zero-order valence-electron chi connectivity index (χ0n) is 19.2. The second-order valence-corrected chi connectivity index (χ2v) is 6.85. The molecule has 0 spiro atoms. The maximum Gasteiger partial charge on any atom is 0.156 e. The Bertz CT molecular complexity index is 857. The van der Waals surface area contributed by atoms with Gasteiger partial charge in [0.25, 0.3) is 0 Å². The van der Waals surface area contributed by atoms with Gasteiger partial charge in [0.15, 0.2) is 11.6 Å². The number of hydrogen-bond acceptors (Lipinski definition) is 2. The molecule has 4 heteroatoms. The Hall–Kier alpha value is -3.01. The number of amidine groups is 2. The lowest BCUT2D eigenvalue weighted by atomic mass is 10.0. The summed E-state index contributed by atoms with van der Waals surface area (Å²) in [7, 11) is 1.71. The van der Waals surface area contributed by atoms with Gasteiger partial charge in [-0.2, -0.15) is 0 Å². The number of aliphatic imine (C=N–C) groups is 2. The summed E-state index contributed by atoms with van der Waals surface area (Å²) in [6.45, 7) is 9.79. The van der Waals surface area contributed by atoms with Crippen LogP contribution in [0.15, 0.2) is 76.4 Å². The van der Waals surface area contributed by atoms with Crippen molar-refractivity contribution in [3.8, 4) is 0 Å². The zero-order chi connectivity index (χ0) is 22.4. The largest absolute Gasteiger partial charge is 0.347 e. The van der Waals surface area contributed by atoms with E-state index in [9.17, 15) is 4.79 Å². The van der Waals surface area contributed by atoms with Gasteiger partial charge in [-0.3, -0.25) is 9.79 Å². The molecule has 4 nitrogen and oxygen atoms in total. The fourth-order valence-corrected chi connectivity index (χ4v) is 2.97. The van der Waals surface area contributed by atoms with Crippen LogP contribution in [-0.2, 0) is 17.6 Å². The molecule has 1 N–H and O–H groups in total. The van der Waals surface area contributed by atoms with Crippen molar-refractivity contribution in [3.05, 3.63) is 83.1 Å². The highest BCUT2D eigenvalue weighted by Gasteiger charge is 2.03. The van der Waals surface area contributed by atoms with Gasteiger partial charge in [-0.15, -0.1) is 0 Å². The van der Waals surface area contributed by atoms with Crippen molar-refractivity contribution >= 4 is 17.5 Å². The first-order chi connectivity index (χ1) is 14.4. The summed E-state index contributed by atoms with van der Waals surface area (Å²) in [5, 5.41) is 3.14. The van der Waals surface area contributed by atoms with E-state index < -0.39 is 0 Å². The minimum absolute atomic E-state index is 0.0228. The van der Waals surface area contributed by atoms with Gasteiger partial charge < -0.3 is 5.32 Å². The van der Waals surface area contributed by atoms with Gasteiger partial charge in [0.05, 0.1) is 0 Å². The molecule has 0 amide bonds. The predicted octanol–water partition coefficient (Wildman–Crippen LogP) is 5.77. The first-order valence-electron chi connectivity index (χ1n) is 10.6. The molecule has 30 heavy (non-hydrogen) atoms. The summed E-state index contributed by atoms with van der Waals surface area (Å²) in [6, 6.07) is 18.4. The van der Waals surface area contributed by atoms with E-state index in [1.54, 1.807) is 13.1 Å². The monoisotopic (exact) mass is 405 g/mol. The number of aryl methyl sites for hydroxylation is 2. The van der Waals surface area contributed by atoms with Crippen molar-refractivity contribution < 1.29 is 4.79 Å². The van der Waals surface area contributed by atoms with Crippen LogP contribution in [0.2, 0.25) is 0 Å². The molecular formula is C26H35N3O. The number of carbonyl (C=O) groups excluding carboxylic acids is 1. The molecule has 0 fully saturated rings. The molecule has 0 radical (unpaired) electrons. The zero-order valence-corrected chi connectivity index (χ0v) is 19.2. The van der Waals surface area contributed by atoms with Crippen molar-refractivity contribution in [2.75, 3.05) is 7.05 Å². The van der Waals surface area contributed by atoms with E-state index in [-0.39, 0.29) is 5.78 Å². The van der Waals surface area contributed by atoms with Crippen molar-refractivity contribution in [2.45, 2.75) is 53.9 Å². The Morgan fingerprint density at radius 2 is 1.43 bits per heavy atom. The summed E-state index contributed by atoms with van der Waals surface area (Å²) < 4.78 is 0. The average Bonchev–Trinajstić information content (AvgIpc) is 2.77. The fraction of sp³-hybridized carbons (Fsp3) is 0.346. The van der Waals surface area contributed by atoms with Crippen molar-refractivity contribution in [1.29, 1.82) is 0 Å². The molecule has 0 heterocycles. The van der Waals surface area contributed by atoms with Gasteiger partial charge in [0, 0.05) is 24.4 Å². The average molecular weight is 406 g/mol. The predicted molar refractivity (Wildman–Crippen MR) is 129 cm³/mol. The first-order valence-corrected chi connectivity index (χ1v) is 10.6. The third-order valence-corrected chi connectivity index (χ3v) is 4.50. The number of carbonyl (C=O) groups is 1. The quantitative estimate of drug-likeness (QED) is 0.377. The minimum Gasteiger partial charge on any atom is -0.347 e. The SMILES string of the molecule is CC/C(=C/C(C)=O)NC(C)=NC(=NC)c1ccccc1.CCc1ccccc1CC. The van der Waals surface area contributed by atoms with E-state index in [2.05, 4.69) is 53.4 Å². The summed E-state index contributed by atoms with van der Waals surface area (Å²) in [5.41, 5.74) is 4.79. The molecule has 0 saturated carbocycles. The molecular weight excluding hydrogens is 370 g/mol. The van der Waals surface area contributed by atoms with E-state index in [1.165, 1.54) is 18.1 Å². The maximum atomic E-state index is 11.1. The van der Waals surface area contributed by atoms with Crippen molar-refractivity contribution in [3.63, 3.8) is 0 Å². The van der Waals surface area contributed by atoms with Gasteiger partial charge in [-0.25, -0.2) is 4.99 Å². The summed E-state index contributed by atoms with van der Waals surface area (Å²) in [4.78, 5) is 19.8. The molecule has 0 atom stereocenters. The molecule has 160 valence electrons. The molecule has 0 saturated heterocycles. The van der Waals surface area contributed by atoms with Crippen LogP contribution in [0.4, 0.5) is 0 Å². The summed E-state index contributed by atoms with van der Waals surface area (Å²) in [5.74, 6) is 1.40. The molecule has 2 rings (SSSR count). The molecule has 0 bridgehead atoms. The van der Waals surface area contributed by atoms with Crippen LogP contribution in [0.3, 0.4) is 0 Å². The molecule has 0 unspecified atom stereocenters. The Morgan fingerprint density at radius 3 is 1.87 bits per heavy atom. The van der Waals surface area contributed by atoms with E-state index in [0.717, 1.165) is 30.5 Å². The van der Waals surface area contributed by atoms with Crippen molar-refractivity contribution in [2.24, 2.45) is 9.98 Å². The number of benzene rings is 2. The Labute approximate surface area is 181 Å². The normalized spacial score (nSPS) is 12.1. The molecule has 2 aromatic carbocycles. The lowest BCUT2D eigenvalue weighted by Crippen LogP contribution is -2.21. The van der Waals surface area contributed by atoms with E-state index >= 15 is 0 Å². The highest BCUT2D eigenvalue weighted by atomic mass is 16.1. The van der Waals surface area contributed by atoms with Gasteiger partial charge in [0.1, 0.15) is 5.84 Å². The second kappa shape index (κ2) is 14.0. The molecule has 2 aromatic rings. The molecule has 0 aliphatic heterocycles. The van der Waals surface area contributed by atoms with E-state index in [0.29, 0.717) is 11.7 Å². The van der Waals surface area contributed by atoms with Crippen LogP contribution >= 0.6 is 0 Å². The van der Waals surface area contributed by atoms with Crippen LogP contribution in [0.25, 0.3) is 0 Å². The Balaban J connectivity index is 0.000000375. The number of ketones is 1. The lowest BCUT2D eigenvalue weighted by Gasteiger charge is -2.09. The van der Waals surface area contributed by atoms with Gasteiger partial charge >= 0.3 is 0 Å². The van der Waals surface area contributed by atoms with Crippen LogP contribution in [0.5, 0.6) is 0 Å². The van der Waals surface area contributed by atoms with Crippen LogP contribution in [0.1, 0.15) is 57.7 Å². The van der Waals surface area contributed by atoms with E-state index in [4.69, 9.17) is 0 Å². The van der Waals surface area contributed by atoms with Crippen LogP contribution in [-0.4, -0.2) is 24.5 Å². The Kier molecular flexibility index (Phi) is 11.7. The summed E-state index contributed by atoms with van der Waals surface area (Å²) in [6.07, 6.45) is 4.65. The molecule has 0 aromatic heterocycles. The third kappa shape index (κ3) is 8.99. The molecule has 0 aliphatic rings. The third-order valence-electron chi connectivity index (χ3n) is 4.50. The number of nitrogens with one attached hydrogen (secondary N) is 1. The standard InChI is InChI=1S/C16H21N3O.C10H14/c1-5-15(11-12(2)20)18-13(3)19-16(17-4)14-9-7-6-8-10-14;1-3-9-7-5-6-8-10(9)4-2/h6-11H,5H2,1-4H3,(H,17,18,19);5-8H,3-4H2,1-2H3/b15-11-;. The summed E-state index contributed by atoms with van der Waals surface area (Å²) >= 11 is 0. The van der Waals surface area contributed by atoms with Crippen molar-refractivity contribution in [1.82, 2.24) is 5.32 Å². The lowest BCUT2D eigenvalue weighted by molar-refractivity contribution is -0.112. The fourth-order valence-electron chi connectivity index (χ4n) is 2.97. The van der Waals surface area contributed by atoms with Gasteiger partial charge in [-0.1, -0.05) is 75.4 Å². The maximum absolute atomic E-state index is 11.1. The topological polar surface area (TPSA) is 53.8 Å². The smallest absolute Gasteiger partial charge is 0.156 e. The van der Waals surface area contributed by atoms with Crippen LogP contribution in [0, 0.1) is 0 Å².